The minimum atomic E-state index is 0.535. The summed E-state index contributed by atoms with van der Waals surface area (Å²) in [6, 6.07) is 6.43. The lowest BCUT2D eigenvalue weighted by molar-refractivity contribution is 0.590. The fraction of sp³-hybridized carbons (Fsp3) is 0.455. The third kappa shape index (κ3) is 3.99. The lowest BCUT2D eigenvalue weighted by Gasteiger charge is -2.09. The number of nitrogens with one attached hydrogen (secondary N) is 1. The van der Waals surface area contributed by atoms with E-state index in [-0.39, 0.29) is 0 Å². The minimum absolute atomic E-state index is 0.535. The summed E-state index contributed by atoms with van der Waals surface area (Å²) in [7, 11) is 0. The number of benzene rings is 1. The van der Waals surface area contributed by atoms with Gasteiger partial charge < -0.3 is 5.32 Å². The first-order valence-corrected chi connectivity index (χ1v) is 5.94. The van der Waals surface area contributed by atoms with Crippen LogP contribution in [0.4, 0.5) is 0 Å². The summed E-state index contributed by atoms with van der Waals surface area (Å²) in [6.45, 7) is 5.27. The van der Waals surface area contributed by atoms with E-state index in [4.69, 9.17) is 11.6 Å². The van der Waals surface area contributed by atoms with Gasteiger partial charge in [-0.15, -0.1) is 0 Å². The van der Waals surface area contributed by atoms with Crippen LogP contribution >= 0.6 is 27.5 Å². The van der Waals surface area contributed by atoms with Gasteiger partial charge >= 0.3 is 0 Å². The fourth-order valence-electron chi connectivity index (χ4n) is 1.23. The highest BCUT2D eigenvalue weighted by Gasteiger charge is 2.01. The molecule has 0 aliphatic carbocycles. The van der Waals surface area contributed by atoms with Crippen molar-refractivity contribution in [2.24, 2.45) is 0 Å². The monoisotopic (exact) mass is 275 g/mol. The molecular weight excluding hydrogens is 261 g/mol. The molecule has 0 aliphatic heterocycles. The highest BCUT2D eigenvalue weighted by Crippen LogP contribution is 2.21. The third-order valence-electron chi connectivity index (χ3n) is 1.95. The zero-order valence-corrected chi connectivity index (χ0v) is 10.8. The van der Waals surface area contributed by atoms with Gasteiger partial charge in [0.25, 0.3) is 0 Å². The van der Waals surface area contributed by atoms with Crippen molar-refractivity contribution in [2.75, 3.05) is 6.54 Å². The minimum Gasteiger partial charge on any atom is -0.314 e. The first-order chi connectivity index (χ1) is 6.59. The first-order valence-electron chi connectivity index (χ1n) is 4.77. The Kier molecular flexibility index (Phi) is 4.93. The molecule has 0 saturated heterocycles. The molecule has 1 aromatic carbocycles. The standard InChI is InChI=1S/C11H15BrClN/c1-8(2)14-6-5-9-7-10(13)3-4-11(9)12/h3-4,7-8,14H,5-6H2,1-2H3. The van der Waals surface area contributed by atoms with Crippen LogP contribution in [0, 0.1) is 0 Å². The maximum absolute atomic E-state index is 5.92. The topological polar surface area (TPSA) is 12.0 Å². The van der Waals surface area contributed by atoms with E-state index in [0.717, 1.165) is 22.5 Å². The van der Waals surface area contributed by atoms with Crippen molar-refractivity contribution in [3.05, 3.63) is 33.3 Å². The zero-order valence-electron chi connectivity index (χ0n) is 8.48. The molecule has 0 unspecified atom stereocenters. The van der Waals surface area contributed by atoms with E-state index >= 15 is 0 Å². The third-order valence-corrected chi connectivity index (χ3v) is 2.96. The normalized spacial score (nSPS) is 10.9. The second-order valence-corrected chi connectivity index (χ2v) is 4.89. The molecule has 1 aromatic rings. The smallest absolute Gasteiger partial charge is 0.0409 e. The van der Waals surface area contributed by atoms with Crippen LogP contribution < -0.4 is 5.32 Å². The van der Waals surface area contributed by atoms with Gasteiger partial charge in [0.2, 0.25) is 0 Å². The fourth-order valence-corrected chi connectivity index (χ4v) is 1.87. The van der Waals surface area contributed by atoms with Gasteiger partial charge in [-0.25, -0.2) is 0 Å². The van der Waals surface area contributed by atoms with Gasteiger partial charge in [0.15, 0.2) is 0 Å². The van der Waals surface area contributed by atoms with Crippen molar-refractivity contribution in [3.8, 4) is 0 Å². The molecule has 0 amide bonds. The Labute approximate surface area is 99.0 Å². The molecule has 0 fully saturated rings. The Morgan fingerprint density at radius 1 is 1.43 bits per heavy atom. The molecule has 0 aliphatic rings. The Balaban J connectivity index is 2.53. The first kappa shape index (κ1) is 12.0. The van der Waals surface area contributed by atoms with Crippen LogP contribution in [0.1, 0.15) is 19.4 Å². The van der Waals surface area contributed by atoms with Gasteiger partial charge in [-0.1, -0.05) is 41.4 Å². The van der Waals surface area contributed by atoms with Crippen LogP contribution in [0.3, 0.4) is 0 Å². The highest BCUT2D eigenvalue weighted by molar-refractivity contribution is 9.10. The largest absolute Gasteiger partial charge is 0.314 e. The molecule has 0 spiro atoms. The number of halogens is 2. The Morgan fingerprint density at radius 2 is 2.14 bits per heavy atom. The van der Waals surface area contributed by atoms with Gasteiger partial charge in [0, 0.05) is 15.5 Å². The molecule has 0 saturated carbocycles. The number of hydrogen-bond acceptors (Lipinski definition) is 1. The molecule has 0 aromatic heterocycles. The molecule has 0 radical (unpaired) electrons. The van der Waals surface area contributed by atoms with Crippen molar-refractivity contribution in [2.45, 2.75) is 26.3 Å². The van der Waals surface area contributed by atoms with E-state index in [1.54, 1.807) is 0 Å². The predicted molar refractivity (Wildman–Crippen MR) is 66.0 cm³/mol. The molecular formula is C11H15BrClN. The van der Waals surface area contributed by atoms with Crippen LogP contribution in [0.2, 0.25) is 5.02 Å². The number of hydrogen-bond donors (Lipinski definition) is 1. The highest BCUT2D eigenvalue weighted by atomic mass is 79.9. The number of rotatable bonds is 4. The molecule has 1 rings (SSSR count). The SMILES string of the molecule is CC(C)NCCc1cc(Cl)ccc1Br. The van der Waals surface area contributed by atoms with Crippen LogP contribution in [0.25, 0.3) is 0 Å². The summed E-state index contributed by atoms with van der Waals surface area (Å²) in [5.74, 6) is 0. The summed E-state index contributed by atoms with van der Waals surface area (Å²) in [4.78, 5) is 0. The van der Waals surface area contributed by atoms with E-state index in [1.807, 2.05) is 18.2 Å². The Bertz CT molecular complexity index is 299. The van der Waals surface area contributed by atoms with E-state index < -0.39 is 0 Å². The van der Waals surface area contributed by atoms with Crippen LogP contribution in [0.5, 0.6) is 0 Å². The molecule has 0 heterocycles. The van der Waals surface area contributed by atoms with Crippen molar-refractivity contribution in [1.29, 1.82) is 0 Å². The molecule has 3 heteroatoms. The van der Waals surface area contributed by atoms with E-state index in [2.05, 4.69) is 35.1 Å². The predicted octanol–water partition coefficient (Wildman–Crippen LogP) is 3.64. The van der Waals surface area contributed by atoms with Crippen molar-refractivity contribution in [3.63, 3.8) is 0 Å². The molecule has 1 N–H and O–H groups in total. The lowest BCUT2D eigenvalue weighted by Crippen LogP contribution is -2.25. The molecule has 1 nitrogen and oxygen atoms in total. The Hall–Kier alpha value is -0.0500. The summed E-state index contributed by atoms with van der Waals surface area (Å²) in [5.41, 5.74) is 1.26. The van der Waals surface area contributed by atoms with Gasteiger partial charge in [-0.05, 0) is 36.7 Å². The lowest BCUT2D eigenvalue weighted by atomic mass is 10.1. The average molecular weight is 277 g/mol. The van der Waals surface area contributed by atoms with E-state index in [1.165, 1.54) is 5.56 Å². The van der Waals surface area contributed by atoms with E-state index in [9.17, 15) is 0 Å². The summed E-state index contributed by atoms with van der Waals surface area (Å²) in [6.07, 6.45) is 0.999. The second kappa shape index (κ2) is 5.74. The van der Waals surface area contributed by atoms with Crippen molar-refractivity contribution in [1.82, 2.24) is 5.32 Å². The summed E-state index contributed by atoms with van der Waals surface area (Å²) in [5, 5.41) is 4.18. The molecule has 14 heavy (non-hydrogen) atoms. The zero-order chi connectivity index (χ0) is 10.6. The quantitative estimate of drug-likeness (QED) is 0.885. The van der Waals surface area contributed by atoms with Crippen LogP contribution in [0.15, 0.2) is 22.7 Å². The van der Waals surface area contributed by atoms with Gasteiger partial charge in [-0.2, -0.15) is 0 Å². The van der Waals surface area contributed by atoms with Crippen LogP contribution in [-0.2, 0) is 6.42 Å². The molecule has 78 valence electrons. The van der Waals surface area contributed by atoms with Crippen LogP contribution in [-0.4, -0.2) is 12.6 Å². The van der Waals surface area contributed by atoms with Gasteiger partial charge in [0.05, 0.1) is 0 Å². The summed E-state index contributed by atoms with van der Waals surface area (Å²) < 4.78 is 1.13. The van der Waals surface area contributed by atoms with Gasteiger partial charge in [0.1, 0.15) is 0 Å². The Morgan fingerprint density at radius 3 is 2.79 bits per heavy atom. The summed E-state index contributed by atoms with van der Waals surface area (Å²) >= 11 is 9.43. The maximum Gasteiger partial charge on any atom is 0.0409 e. The average Bonchev–Trinajstić information content (AvgIpc) is 2.10. The maximum atomic E-state index is 5.92. The second-order valence-electron chi connectivity index (χ2n) is 3.59. The molecule has 0 atom stereocenters. The van der Waals surface area contributed by atoms with Gasteiger partial charge in [-0.3, -0.25) is 0 Å². The molecule has 0 bridgehead atoms. The van der Waals surface area contributed by atoms with E-state index in [0.29, 0.717) is 6.04 Å². The van der Waals surface area contributed by atoms with Crippen molar-refractivity contribution >= 4 is 27.5 Å². The van der Waals surface area contributed by atoms with Crippen molar-refractivity contribution < 1.29 is 0 Å².